The first-order valence-corrected chi connectivity index (χ1v) is 6.80. The van der Waals surface area contributed by atoms with Crippen molar-refractivity contribution in [3.63, 3.8) is 0 Å². The topological polar surface area (TPSA) is 24.9 Å². The van der Waals surface area contributed by atoms with Gasteiger partial charge >= 0.3 is 0 Å². The zero-order valence-electron chi connectivity index (χ0n) is 11.2. The van der Waals surface area contributed by atoms with Crippen LogP contribution in [0.25, 0.3) is 0 Å². The van der Waals surface area contributed by atoms with E-state index in [-0.39, 0.29) is 0 Å². The average molecular weight is 232 g/mol. The van der Waals surface area contributed by atoms with Crippen LogP contribution in [0.1, 0.15) is 49.8 Å². The SMILES string of the molecule is CNC(c1ccncc1C)C1CCCC(C)C1. The van der Waals surface area contributed by atoms with Crippen LogP contribution in [-0.4, -0.2) is 12.0 Å². The van der Waals surface area contributed by atoms with Gasteiger partial charge in [-0.05, 0) is 55.8 Å². The van der Waals surface area contributed by atoms with E-state index in [0.29, 0.717) is 6.04 Å². The lowest BCUT2D eigenvalue weighted by Gasteiger charge is -2.34. The monoisotopic (exact) mass is 232 g/mol. The molecule has 2 rings (SSSR count). The van der Waals surface area contributed by atoms with Crippen molar-refractivity contribution in [2.75, 3.05) is 7.05 Å². The zero-order chi connectivity index (χ0) is 12.3. The molecule has 1 heterocycles. The number of aromatic nitrogens is 1. The van der Waals surface area contributed by atoms with E-state index in [1.54, 1.807) is 0 Å². The molecule has 2 heteroatoms. The van der Waals surface area contributed by atoms with Gasteiger partial charge in [-0.25, -0.2) is 0 Å². The molecule has 94 valence electrons. The summed E-state index contributed by atoms with van der Waals surface area (Å²) in [5.41, 5.74) is 2.74. The number of pyridine rings is 1. The molecule has 3 unspecified atom stereocenters. The summed E-state index contributed by atoms with van der Waals surface area (Å²) >= 11 is 0. The third-order valence-corrected chi connectivity index (χ3v) is 4.16. The minimum absolute atomic E-state index is 0.501. The fourth-order valence-electron chi connectivity index (χ4n) is 3.26. The molecule has 1 fully saturated rings. The van der Waals surface area contributed by atoms with Crippen LogP contribution in [0.5, 0.6) is 0 Å². The lowest BCUT2D eigenvalue weighted by atomic mass is 9.76. The quantitative estimate of drug-likeness (QED) is 0.863. The van der Waals surface area contributed by atoms with E-state index in [1.165, 1.54) is 36.8 Å². The van der Waals surface area contributed by atoms with Crippen LogP contribution in [0.4, 0.5) is 0 Å². The lowest BCUT2D eigenvalue weighted by molar-refractivity contribution is 0.229. The van der Waals surface area contributed by atoms with Gasteiger partial charge in [-0.15, -0.1) is 0 Å². The second kappa shape index (κ2) is 5.63. The van der Waals surface area contributed by atoms with Gasteiger partial charge in [0.25, 0.3) is 0 Å². The Balaban J connectivity index is 2.18. The van der Waals surface area contributed by atoms with Crippen LogP contribution < -0.4 is 5.32 Å². The summed E-state index contributed by atoms with van der Waals surface area (Å²) < 4.78 is 0. The molecule has 0 aromatic carbocycles. The van der Waals surface area contributed by atoms with Gasteiger partial charge in [0.15, 0.2) is 0 Å². The largest absolute Gasteiger partial charge is 0.313 e. The molecule has 0 spiro atoms. The van der Waals surface area contributed by atoms with Gasteiger partial charge in [0.05, 0.1) is 0 Å². The van der Waals surface area contributed by atoms with Gasteiger partial charge in [0, 0.05) is 18.4 Å². The second-order valence-electron chi connectivity index (χ2n) is 5.53. The Kier molecular flexibility index (Phi) is 4.16. The molecular formula is C15H24N2. The van der Waals surface area contributed by atoms with Crippen molar-refractivity contribution in [3.05, 3.63) is 29.6 Å². The highest BCUT2D eigenvalue weighted by atomic mass is 14.9. The van der Waals surface area contributed by atoms with Gasteiger partial charge in [-0.2, -0.15) is 0 Å². The first-order valence-electron chi connectivity index (χ1n) is 6.80. The molecule has 1 aliphatic carbocycles. The molecule has 3 atom stereocenters. The molecular weight excluding hydrogens is 208 g/mol. The lowest BCUT2D eigenvalue weighted by Crippen LogP contribution is -2.29. The summed E-state index contributed by atoms with van der Waals surface area (Å²) in [6.45, 7) is 4.55. The summed E-state index contributed by atoms with van der Waals surface area (Å²) in [7, 11) is 2.09. The van der Waals surface area contributed by atoms with E-state index >= 15 is 0 Å². The summed E-state index contributed by atoms with van der Waals surface area (Å²) in [5, 5.41) is 3.52. The van der Waals surface area contributed by atoms with Gasteiger partial charge < -0.3 is 5.32 Å². The van der Waals surface area contributed by atoms with Gasteiger partial charge in [-0.1, -0.05) is 19.8 Å². The smallest absolute Gasteiger partial charge is 0.0350 e. The van der Waals surface area contributed by atoms with Gasteiger partial charge in [0.2, 0.25) is 0 Å². The van der Waals surface area contributed by atoms with Crippen molar-refractivity contribution in [2.45, 2.75) is 45.6 Å². The van der Waals surface area contributed by atoms with Crippen molar-refractivity contribution in [3.8, 4) is 0 Å². The predicted molar refractivity (Wildman–Crippen MR) is 71.9 cm³/mol. The van der Waals surface area contributed by atoms with Crippen molar-refractivity contribution >= 4 is 0 Å². The minimum atomic E-state index is 0.501. The summed E-state index contributed by atoms with van der Waals surface area (Å²) in [6, 6.07) is 2.68. The van der Waals surface area contributed by atoms with Gasteiger partial charge in [-0.3, -0.25) is 4.98 Å². The summed E-state index contributed by atoms with van der Waals surface area (Å²) in [4.78, 5) is 4.19. The standard InChI is InChI=1S/C15H24N2/c1-11-5-4-6-13(9-11)15(16-3)14-7-8-17-10-12(14)2/h7-8,10-11,13,15-16H,4-6,9H2,1-3H3. The predicted octanol–water partition coefficient (Wildman–Crippen LogP) is 3.48. The van der Waals surface area contributed by atoms with Crippen LogP contribution in [0, 0.1) is 18.8 Å². The Morgan fingerprint density at radius 2 is 2.24 bits per heavy atom. The number of rotatable bonds is 3. The first kappa shape index (κ1) is 12.6. The Bertz CT molecular complexity index is 362. The Morgan fingerprint density at radius 3 is 2.88 bits per heavy atom. The summed E-state index contributed by atoms with van der Waals surface area (Å²) in [6.07, 6.45) is 9.39. The number of nitrogens with one attached hydrogen (secondary N) is 1. The highest BCUT2D eigenvalue weighted by molar-refractivity contribution is 5.26. The Labute approximate surface area is 105 Å². The highest BCUT2D eigenvalue weighted by Gasteiger charge is 2.27. The molecule has 1 saturated carbocycles. The Hall–Kier alpha value is -0.890. The average Bonchev–Trinajstić information content (AvgIpc) is 2.33. The van der Waals surface area contributed by atoms with Crippen molar-refractivity contribution in [2.24, 2.45) is 11.8 Å². The third-order valence-electron chi connectivity index (χ3n) is 4.16. The first-order chi connectivity index (χ1) is 8.22. The number of hydrogen-bond acceptors (Lipinski definition) is 2. The van der Waals surface area contributed by atoms with E-state index in [1.807, 2.05) is 12.4 Å². The fourth-order valence-corrected chi connectivity index (χ4v) is 3.26. The van der Waals surface area contributed by atoms with E-state index in [0.717, 1.165) is 11.8 Å². The molecule has 0 saturated heterocycles. The molecule has 0 amide bonds. The maximum Gasteiger partial charge on any atom is 0.0350 e. The van der Waals surface area contributed by atoms with E-state index in [4.69, 9.17) is 0 Å². The molecule has 1 N–H and O–H groups in total. The molecule has 0 bridgehead atoms. The highest BCUT2D eigenvalue weighted by Crippen LogP contribution is 2.37. The Morgan fingerprint density at radius 1 is 1.41 bits per heavy atom. The van der Waals surface area contributed by atoms with E-state index in [2.05, 4.69) is 37.3 Å². The van der Waals surface area contributed by atoms with E-state index in [9.17, 15) is 0 Å². The molecule has 1 aromatic heterocycles. The molecule has 17 heavy (non-hydrogen) atoms. The third kappa shape index (κ3) is 2.86. The van der Waals surface area contributed by atoms with Gasteiger partial charge in [0.1, 0.15) is 0 Å². The normalized spacial score (nSPS) is 26.8. The molecule has 1 aromatic rings. The van der Waals surface area contributed by atoms with Crippen LogP contribution >= 0.6 is 0 Å². The maximum atomic E-state index is 4.19. The number of nitrogens with zero attached hydrogens (tertiary/aromatic N) is 1. The molecule has 1 aliphatic rings. The molecule has 0 aliphatic heterocycles. The second-order valence-corrected chi connectivity index (χ2v) is 5.53. The van der Waals surface area contributed by atoms with Crippen molar-refractivity contribution < 1.29 is 0 Å². The van der Waals surface area contributed by atoms with Crippen LogP contribution in [0.15, 0.2) is 18.5 Å². The molecule has 0 radical (unpaired) electrons. The zero-order valence-corrected chi connectivity index (χ0v) is 11.2. The van der Waals surface area contributed by atoms with Crippen molar-refractivity contribution in [1.82, 2.24) is 10.3 Å². The molecule has 2 nitrogen and oxygen atoms in total. The summed E-state index contributed by atoms with van der Waals surface area (Å²) in [5.74, 6) is 1.66. The van der Waals surface area contributed by atoms with E-state index < -0.39 is 0 Å². The maximum absolute atomic E-state index is 4.19. The van der Waals surface area contributed by atoms with Crippen LogP contribution in [0.3, 0.4) is 0 Å². The fraction of sp³-hybridized carbons (Fsp3) is 0.667. The van der Waals surface area contributed by atoms with Crippen LogP contribution in [0.2, 0.25) is 0 Å². The van der Waals surface area contributed by atoms with Crippen LogP contribution in [-0.2, 0) is 0 Å². The minimum Gasteiger partial charge on any atom is -0.313 e. The number of aryl methyl sites for hydroxylation is 1. The van der Waals surface area contributed by atoms with Crippen molar-refractivity contribution in [1.29, 1.82) is 0 Å². The number of hydrogen-bond donors (Lipinski definition) is 1.